The molecule has 1 unspecified atom stereocenters. The molecule has 1 aliphatic heterocycles. The van der Waals surface area contributed by atoms with E-state index in [2.05, 4.69) is 4.74 Å². The molecule has 1 rings (SSSR count). The summed E-state index contributed by atoms with van der Waals surface area (Å²) in [6.45, 7) is 3.63. The number of likely N-dealkylation sites (tertiary alicyclic amines) is 1. The summed E-state index contributed by atoms with van der Waals surface area (Å²) in [5.41, 5.74) is -2.60. The summed E-state index contributed by atoms with van der Waals surface area (Å²) in [5, 5.41) is 8.87. The van der Waals surface area contributed by atoms with Gasteiger partial charge in [0.2, 0.25) is 0 Å². The van der Waals surface area contributed by atoms with Crippen LogP contribution in [0.4, 0.5) is 13.6 Å². The molecular weight excluding hydrogens is 298 g/mol. The molecular formula is C14H20F2N2O4. The van der Waals surface area contributed by atoms with Crippen molar-refractivity contribution < 1.29 is 27.8 Å². The van der Waals surface area contributed by atoms with Crippen molar-refractivity contribution in [3.63, 3.8) is 0 Å². The van der Waals surface area contributed by atoms with E-state index >= 15 is 0 Å². The predicted molar refractivity (Wildman–Crippen MR) is 72.1 cm³/mol. The van der Waals surface area contributed by atoms with Crippen LogP contribution in [0.15, 0.2) is 0 Å². The lowest BCUT2D eigenvalue weighted by Crippen LogP contribution is -2.58. The molecule has 1 atom stereocenters. The van der Waals surface area contributed by atoms with Gasteiger partial charge < -0.3 is 14.4 Å². The van der Waals surface area contributed by atoms with Crippen molar-refractivity contribution in [2.75, 3.05) is 20.2 Å². The van der Waals surface area contributed by atoms with Gasteiger partial charge in [-0.15, -0.1) is 0 Å². The van der Waals surface area contributed by atoms with Gasteiger partial charge in [-0.1, -0.05) is 0 Å². The third-order valence-electron chi connectivity index (χ3n) is 3.20. The molecule has 124 valence electrons. The lowest BCUT2D eigenvalue weighted by molar-refractivity contribution is -0.170. The van der Waals surface area contributed by atoms with Gasteiger partial charge in [-0.2, -0.15) is 5.26 Å². The quantitative estimate of drug-likeness (QED) is 0.730. The van der Waals surface area contributed by atoms with E-state index in [9.17, 15) is 18.4 Å². The van der Waals surface area contributed by atoms with Crippen LogP contribution < -0.4 is 0 Å². The Labute approximate surface area is 128 Å². The van der Waals surface area contributed by atoms with Crippen LogP contribution in [-0.2, 0) is 14.3 Å². The maximum Gasteiger partial charge on any atom is 0.410 e. The number of nitrogens with zero attached hydrogens (tertiary/aromatic N) is 2. The fraction of sp³-hybridized carbons (Fsp3) is 0.786. The number of nitriles is 1. The number of methoxy groups -OCH3 is 1. The van der Waals surface area contributed by atoms with Crippen molar-refractivity contribution in [1.29, 1.82) is 5.26 Å². The van der Waals surface area contributed by atoms with E-state index in [4.69, 9.17) is 10.00 Å². The first kappa shape index (κ1) is 18.1. The third-order valence-corrected chi connectivity index (χ3v) is 3.20. The Morgan fingerprint density at radius 2 is 1.91 bits per heavy atom. The largest absolute Gasteiger partial charge is 0.469 e. The smallest absolute Gasteiger partial charge is 0.410 e. The third kappa shape index (κ3) is 4.29. The van der Waals surface area contributed by atoms with Crippen LogP contribution in [0, 0.1) is 16.7 Å². The second kappa shape index (κ2) is 6.07. The van der Waals surface area contributed by atoms with Gasteiger partial charge in [0.15, 0.2) is 0 Å². The number of ether oxygens (including phenoxy) is 2. The van der Waals surface area contributed by atoms with Crippen LogP contribution in [-0.4, -0.2) is 48.7 Å². The highest BCUT2D eigenvalue weighted by molar-refractivity contribution is 5.79. The normalized spacial score (nSPS) is 24.3. The molecule has 1 amide bonds. The number of alkyl halides is 2. The van der Waals surface area contributed by atoms with Crippen molar-refractivity contribution in [3.8, 4) is 6.07 Å². The van der Waals surface area contributed by atoms with Gasteiger partial charge in [0.05, 0.1) is 26.1 Å². The molecule has 0 aromatic rings. The average molecular weight is 318 g/mol. The molecule has 0 aliphatic carbocycles. The van der Waals surface area contributed by atoms with Crippen molar-refractivity contribution in [3.05, 3.63) is 0 Å². The van der Waals surface area contributed by atoms with Gasteiger partial charge in [0, 0.05) is 13.0 Å². The monoisotopic (exact) mass is 318 g/mol. The molecule has 8 heteroatoms. The van der Waals surface area contributed by atoms with E-state index < -0.39 is 48.4 Å². The first-order valence-corrected chi connectivity index (χ1v) is 6.76. The van der Waals surface area contributed by atoms with Gasteiger partial charge in [0.25, 0.3) is 5.92 Å². The van der Waals surface area contributed by atoms with Gasteiger partial charge in [-0.25, -0.2) is 13.6 Å². The molecule has 0 aromatic carbocycles. The molecule has 1 fully saturated rings. The molecule has 0 aromatic heterocycles. The fourth-order valence-corrected chi connectivity index (χ4v) is 2.46. The van der Waals surface area contributed by atoms with Crippen molar-refractivity contribution in [2.24, 2.45) is 5.41 Å². The van der Waals surface area contributed by atoms with E-state index in [1.807, 2.05) is 0 Å². The molecule has 1 heterocycles. The van der Waals surface area contributed by atoms with Gasteiger partial charge >= 0.3 is 12.1 Å². The molecule has 0 bridgehead atoms. The number of amides is 1. The summed E-state index contributed by atoms with van der Waals surface area (Å²) in [6, 6.07) is 1.73. The van der Waals surface area contributed by atoms with E-state index in [1.165, 1.54) is 0 Å². The molecule has 1 saturated heterocycles. The van der Waals surface area contributed by atoms with Crippen LogP contribution in [0.3, 0.4) is 0 Å². The molecule has 0 N–H and O–H groups in total. The molecule has 0 spiro atoms. The SMILES string of the molecule is COC(=O)C1(CC#N)CN(C(=O)OC(C)(C)C)CC(F)(F)C1. The Morgan fingerprint density at radius 1 is 1.32 bits per heavy atom. The van der Waals surface area contributed by atoms with Gasteiger partial charge in [-0.3, -0.25) is 4.79 Å². The molecule has 0 saturated carbocycles. The Hall–Kier alpha value is -1.91. The summed E-state index contributed by atoms with van der Waals surface area (Å²) in [6.07, 6.45) is -2.24. The predicted octanol–water partition coefficient (Wildman–Crippen LogP) is 2.34. The summed E-state index contributed by atoms with van der Waals surface area (Å²) in [7, 11) is 1.06. The van der Waals surface area contributed by atoms with Gasteiger partial charge in [0.1, 0.15) is 11.0 Å². The Bertz CT molecular complexity index is 496. The highest BCUT2D eigenvalue weighted by Gasteiger charge is 2.55. The summed E-state index contributed by atoms with van der Waals surface area (Å²) >= 11 is 0. The number of hydrogen-bond donors (Lipinski definition) is 0. The van der Waals surface area contributed by atoms with Crippen LogP contribution >= 0.6 is 0 Å². The molecule has 1 aliphatic rings. The van der Waals surface area contributed by atoms with Crippen LogP contribution in [0.25, 0.3) is 0 Å². The second-order valence-electron chi connectivity index (χ2n) is 6.48. The lowest BCUT2D eigenvalue weighted by Gasteiger charge is -2.43. The highest BCUT2D eigenvalue weighted by atomic mass is 19.3. The minimum Gasteiger partial charge on any atom is -0.469 e. The Morgan fingerprint density at radius 3 is 2.36 bits per heavy atom. The van der Waals surface area contributed by atoms with Crippen LogP contribution in [0.5, 0.6) is 0 Å². The first-order chi connectivity index (χ1) is 9.95. The van der Waals surface area contributed by atoms with Crippen LogP contribution in [0.2, 0.25) is 0 Å². The maximum absolute atomic E-state index is 14.0. The van der Waals surface area contributed by atoms with Gasteiger partial charge in [-0.05, 0) is 20.8 Å². The van der Waals surface area contributed by atoms with E-state index in [-0.39, 0.29) is 6.54 Å². The molecule has 6 nitrogen and oxygen atoms in total. The Balaban J connectivity index is 3.10. The number of piperidine rings is 1. The lowest BCUT2D eigenvalue weighted by atomic mass is 9.76. The number of carbonyl (C=O) groups is 2. The zero-order chi connectivity index (χ0) is 17.2. The zero-order valence-electron chi connectivity index (χ0n) is 13.1. The summed E-state index contributed by atoms with van der Waals surface area (Å²) < 4.78 is 37.6. The molecule has 22 heavy (non-hydrogen) atoms. The summed E-state index contributed by atoms with van der Waals surface area (Å²) in [4.78, 5) is 24.7. The molecule has 0 radical (unpaired) electrons. The minimum atomic E-state index is -3.31. The maximum atomic E-state index is 14.0. The van der Waals surface area contributed by atoms with E-state index in [0.717, 1.165) is 12.0 Å². The van der Waals surface area contributed by atoms with Crippen LogP contribution in [0.1, 0.15) is 33.6 Å². The van der Waals surface area contributed by atoms with Crippen molar-refractivity contribution in [2.45, 2.75) is 45.1 Å². The second-order valence-corrected chi connectivity index (χ2v) is 6.48. The average Bonchev–Trinajstić information content (AvgIpc) is 2.34. The highest BCUT2D eigenvalue weighted by Crippen LogP contribution is 2.42. The zero-order valence-corrected chi connectivity index (χ0v) is 13.1. The first-order valence-electron chi connectivity index (χ1n) is 6.76. The number of hydrogen-bond acceptors (Lipinski definition) is 5. The minimum absolute atomic E-state index is 0.336. The Kier molecular flexibility index (Phi) is 5.00. The summed E-state index contributed by atoms with van der Waals surface area (Å²) in [5.74, 6) is -4.23. The standard InChI is InChI=1S/C14H20F2N2O4/c1-12(2,3)22-11(20)18-8-13(5-6-17,10(19)21-4)7-14(15,16)9-18/h5,7-9H2,1-4H3. The number of rotatable bonds is 2. The van der Waals surface area contributed by atoms with E-state index in [1.54, 1.807) is 26.8 Å². The number of carbonyl (C=O) groups excluding carboxylic acids is 2. The van der Waals surface area contributed by atoms with Crippen molar-refractivity contribution >= 4 is 12.1 Å². The topological polar surface area (TPSA) is 79.6 Å². The fourth-order valence-electron chi connectivity index (χ4n) is 2.46. The number of esters is 1. The number of halogens is 2. The van der Waals surface area contributed by atoms with E-state index in [0.29, 0.717) is 0 Å². The van der Waals surface area contributed by atoms with Crippen molar-refractivity contribution in [1.82, 2.24) is 4.90 Å².